The number of halogens is 2. The van der Waals surface area contributed by atoms with Gasteiger partial charge >= 0.3 is 0 Å². The quantitative estimate of drug-likeness (QED) is 0.853. The monoisotopic (exact) mass is 359 g/mol. The van der Waals surface area contributed by atoms with Crippen molar-refractivity contribution in [3.05, 3.63) is 40.3 Å². The van der Waals surface area contributed by atoms with E-state index in [0.717, 1.165) is 42.0 Å². The second kappa shape index (κ2) is 8.36. The molecule has 1 aliphatic heterocycles. The molecule has 7 heteroatoms. The van der Waals surface area contributed by atoms with Crippen LogP contribution in [0, 0.1) is 0 Å². The molecule has 0 spiro atoms. The number of aromatic nitrogens is 1. The zero-order valence-electron chi connectivity index (χ0n) is 12.0. The van der Waals surface area contributed by atoms with Crippen molar-refractivity contribution in [1.29, 1.82) is 0 Å². The number of fused-ring (bicyclic) bond motifs is 1. The molecule has 2 heterocycles. The van der Waals surface area contributed by atoms with Gasteiger partial charge in [0, 0.05) is 29.7 Å². The molecule has 0 aliphatic carbocycles. The highest BCUT2D eigenvalue weighted by atomic mass is 35.5. The van der Waals surface area contributed by atoms with Gasteiger partial charge in [0.1, 0.15) is 0 Å². The van der Waals surface area contributed by atoms with Gasteiger partial charge in [0.05, 0.1) is 11.2 Å². The average molecular weight is 360 g/mol. The maximum Gasteiger partial charge on any atom is 0.227 e. The van der Waals surface area contributed by atoms with Gasteiger partial charge in [-0.1, -0.05) is 6.07 Å². The van der Waals surface area contributed by atoms with Crippen molar-refractivity contribution < 1.29 is 4.79 Å². The van der Waals surface area contributed by atoms with Gasteiger partial charge in [0.15, 0.2) is 0 Å². The SMILES string of the molecule is Cl.Cl.Nc1cccc2c1CCCN2C(=O)CCc1cscn1. The Hall–Kier alpha value is -1.30. The van der Waals surface area contributed by atoms with E-state index in [2.05, 4.69) is 4.98 Å². The largest absolute Gasteiger partial charge is 0.398 e. The maximum atomic E-state index is 12.4. The summed E-state index contributed by atoms with van der Waals surface area (Å²) >= 11 is 1.56. The fourth-order valence-corrected chi connectivity index (χ4v) is 3.23. The van der Waals surface area contributed by atoms with E-state index in [1.54, 1.807) is 16.8 Å². The normalized spacial score (nSPS) is 12.8. The number of carbonyl (C=O) groups excluding carboxylic acids is 1. The van der Waals surface area contributed by atoms with Crippen molar-refractivity contribution in [2.24, 2.45) is 0 Å². The number of amides is 1. The first-order chi connectivity index (χ1) is 9.75. The summed E-state index contributed by atoms with van der Waals surface area (Å²) in [5.41, 5.74) is 11.7. The standard InChI is InChI=1S/C15H17N3OS.2ClH/c16-13-4-1-5-14-12(13)3-2-8-18(14)15(19)7-6-11-9-20-10-17-11;;/h1,4-5,9-10H,2-3,6-8,16H2;2*1H. The molecule has 4 nitrogen and oxygen atoms in total. The number of nitrogens with two attached hydrogens (primary N) is 1. The predicted molar refractivity (Wildman–Crippen MR) is 96.5 cm³/mol. The molecule has 2 N–H and O–H groups in total. The first-order valence-electron chi connectivity index (χ1n) is 6.80. The molecule has 2 aromatic rings. The lowest BCUT2D eigenvalue weighted by atomic mass is 9.99. The van der Waals surface area contributed by atoms with Gasteiger partial charge in [0.2, 0.25) is 5.91 Å². The van der Waals surface area contributed by atoms with Crippen molar-refractivity contribution in [2.45, 2.75) is 25.7 Å². The number of nitrogen functional groups attached to an aromatic ring is 1. The van der Waals surface area contributed by atoms with Crippen LogP contribution in [-0.2, 0) is 17.6 Å². The van der Waals surface area contributed by atoms with E-state index >= 15 is 0 Å². The lowest BCUT2D eigenvalue weighted by Gasteiger charge is -2.30. The van der Waals surface area contributed by atoms with Gasteiger partial charge in [-0.2, -0.15) is 0 Å². The zero-order chi connectivity index (χ0) is 13.9. The lowest BCUT2D eigenvalue weighted by Crippen LogP contribution is -2.35. The highest BCUT2D eigenvalue weighted by molar-refractivity contribution is 7.07. The van der Waals surface area contributed by atoms with Crippen molar-refractivity contribution in [1.82, 2.24) is 4.98 Å². The molecule has 1 aliphatic rings. The summed E-state index contributed by atoms with van der Waals surface area (Å²) in [4.78, 5) is 18.5. The Bertz CT molecular complexity index is 619. The highest BCUT2D eigenvalue weighted by Crippen LogP contribution is 2.31. The van der Waals surface area contributed by atoms with Gasteiger partial charge in [-0.15, -0.1) is 36.2 Å². The Morgan fingerprint density at radius 1 is 1.36 bits per heavy atom. The van der Waals surface area contributed by atoms with E-state index < -0.39 is 0 Å². The number of benzene rings is 1. The summed E-state index contributed by atoms with van der Waals surface area (Å²) in [6.45, 7) is 0.784. The number of rotatable bonds is 3. The molecule has 0 atom stereocenters. The molecule has 0 unspecified atom stereocenters. The Balaban J connectivity index is 0.00000121. The molecule has 0 fully saturated rings. The molecule has 1 amide bonds. The number of aryl methyl sites for hydroxylation is 1. The van der Waals surface area contributed by atoms with E-state index in [1.807, 2.05) is 28.5 Å². The Labute approximate surface area is 146 Å². The van der Waals surface area contributed by atoms with Crippen LogP contribution in [0.3, 0.4) is 0 Å². The zero-order valence-corrected chi connectivity index (χ0v) is 14.5. The van der Waals surface area contributed by atoms with Crippen LogP contribution in [0.2, 0.25) is 0 Å². The molecular weight excluding hydrogens is 341 g/mol. The summed E-state index contributed by atoms with van der Waals surface area (Å²) in [6, 6.07) is 5.81. The summed E-state index contributed by atoms with van der Waals surface area (Å²) in [6.07, 6.45) is 3.13. The maximum absolute atomic E-state index is 12.4. The first-order valence-corrected chi connectivity index (χ1v) is 7.75. The van der Waals surface area contributed by atoms with Crippen molar-refractivity contribution in [3.8, 4) is 0 Å². The molecule has 1 aromatic carbocycles. The molecular formula is C15H19Cl2N3OS. The number of thiazole rings is 1. The van der Waals surface area contributed by atoms with Crippen LogP contribution in [0.15, 0.2) is 29.1 Å². The summed E-state index contributed by atoms with van der Waals surface area (Å²) in [7, 11) is 0. The second-order valence-electron chi connectivity index (χ2n) is 4.97. The van der Waals surface area contributed by atoms with Crippen LogP contribution in [0.4, 0.5) is 11.4 Å². The first kappa shape index (κ1) is 18.7. The van der Waals surface area contributed by atoms with Gasteiger partial charge in [-0.05, 0) is 37.0 Å². The van der Waals surface area contributed by atoms with E-state index in [0.29, 0.717) is 12.8 Å². The van der Waals surface area contributed by atoms with Gasteiger partial charge in [-0.25, -0.2) is 4.98 Å². The van der Waals surface area contributed by atoms with Gasteiger partial charge in [0.25, 0.3) is 0 Å². The number of hydrogen-bond acceptors (Lipinski definition) is 4. The van der Waals surface area contributed by atoms with Crippen LogP contribution < -0.4 is 10.6 Å². The number of anilines is 2. The van der Waals surface area contributed by atoms with Crippen LogP contribution in [0.1, 0.15) is 24.1 Å². The summed E-state index contributed by atoms with van der Waals surface area (Å²) in [5.74, 6) is 0.157. The number of hydrogen-bond donors (Lipinski definition) is 1. The molecule has 0 saturated carbocycles. The molecule has 120 valence electrons. The molecule has 0 bridgehead atoms. The van der Waals surface area contributed by atoms with Gasteiger partial charge < -0.3 is 10.6 Å². The van der Waals surface area contributed by atoms with Crippen molar-refractivity contribution >= 4 is 53.4 Å². The van der Waals surface area contributed by atoms with E-state index in [-0.39, 0.29) is 30.7 Å². The van der Waals surface area contributed by atoms with Crippen LogP contribution in [0.25, 0.3) is 0 Å². The van der Waals surface area contributed by atoms with Crippen LogP contribution in [0.5, 0.6) is 0 Å². The summed E-state index contributed by atoms with van der Waals surface area (Å²) in [5, 5.41) is 2.00. The third-order valence-corrected chi connectivity index (χ3v) is 4.30. The minimum Gasteiger partial charge on any atom is -0.398 e. The third kappa shape index (κ3) is 3.91. The van der Waals surface area contributed by atoms with E-state index in [1.165, 1.54) is 0 Å². The van der Waals surface area contributed by atoms with Crippen molar-refractivity contribution in [3.63, 3.8) is 0 Å². The predicted octanol–water partition coefficient (Wildman–Crippen LogP) is 3.48. The molecule has 1 aromatic heterocycles. The number of nitrogens with zero attached hydrogens (tertiary/aromatic N) is 2. The van der Waals surface area contributed by atoms with Crippen molar-refractivity contribution in [2.75, 3.05) is 17.2 Å². The fourth-order valence-electron chi connectivity index (χ4n) is 2.64. The Morgan fingerprint density at radius 2 is 2.18 bits per heavy atom. The fraction of sp³-hybridized carbons (Fsp3) is 0.333. The second-order valence-corrected chi connectivity index (χ2v) is 5.69. The molecule has 0 radical (unpaired) electrons. The van der Waals surface area contributed by atoms with Gasteiger partial charge in [-0.3, -0.25) is 4.79 Å². The van der Waals surface area contributed by atoms with E-state index in [4.69, 9.17) is 5.73 Å². The molecule has 3 rings (SSSR count). The van der Waals surface area contributed by atoms with E-state index in [9.17, 15) is 4.79 Å². The topological polar surface area (TPSA) is 59.2 Å². The number of carbonyl (C=O) groups is 1. The summed E-state index contributed by atoms with van der Waals surface area (Å²) < 4.78 is 0. The molecule has 22 heavy (non-hydrogen) atoms. The average Bonchev–Trinajstić information content (AvgIpc) is 2.98. The Kier molecular flexibility index (Phi) is 7.13. The minimum atomic E-state index is 0. The minimum absolute atomic E-state index is 0. The van der Waals surface area contributed by atoms with Crippen LogP contribution in [-0.4, -0.2) is 17.4 Å². The highest BCUT2D eigenvalue weighted by Gasteiger charge is 2.23. The molecule has 0 saturated heterocycles. The lowest BCUT2D eigenvalue weighted by molar-refractivity contribution is -0.118. The smallest absolute Gasteiger partial charge is 0.227 e. The third-order valence-electron chi connectivity index (χ3n) is 3.67. The van der Waals surface area contributed by atoms with Crippen LogP contribution >= 0.6 is 36.2 Å². The Morgan fingerprint density at radius 3 is 2.91 bits per heavy atom.